The smallest absolute Gasteiger partial charge is 0.216 e. The summed E-state index contributed by atoms with van der Waals surface area (Å²) in [5.74, 6) is 1.61. The Hall–Kier alpha value is -2.29. The molecule has 0 N–H and O–H groups in total. The number of methoxy groups -OCH3 is 1. The highest BCUT2D eigenvalue weighted by Gasteiger charge is 2.16. The Labute approximate surface area is 118 Å². The number of hydrogen-bond acceptors (Lipinski definition) is 3. The van der Waals surface area contributed by atoms with Crippen LogP contribution in [0.5, 0.6) is 5.75 Å². The topological polar surface area (TPSA) is 30.8 Å². The molecule has 0 atom stereocenters. The molecule has 20 heavy (non-hydrogen) atoms. The number of benzene rings is 2. The van der Waals surface area contributed by atoms with Crippen molar-refractivity contribution in [3.63, 3.8) is 0 Å². The molecule has 3 rings (SSSR count). The van der Waals surface area contributed by atoms with Crippen LogP contribution in [0.25, 0.3) is 11.1 Å². The summed E-state index contributed by atoms with van der Waals surface area (Å²) in [5, 5.41) is 0. The van der Waals surface area contributed by atoms with E-state index in [9.17, 15) is 0 Å². The van der Waals surface area contributed by atoms with Gasteiger partial charge >= 0.3 is 0 Å². The van der Waals surface area contributed by atoms with Crippen molar-refractivity contribution in [2.75, 3.05) is 20.3 Å². The molecule has 102 valence electrons. The minimum atomic E-state index is 0.672. The van der Waals surface area contributed by atoms with Gasteiger partial charge in [-0.3, -0.25) is 0 Å². The fourth-order valence-corrected chi connectivity index (χ4v) is 2.36. The van der Waals surface area contributed by atoms with Gasteiger partial charge in [0.05, 0.1) is 13.7 Å². The van der Waals surface area contributed by atoms with E-state index < -0.39 is 0 Å². The van der Waals surface area contributed by atoms with Crippen molar-refractivity contribution in [2.24, 2.45) is 4.99 Å². The lowest BCUT2D eigenvalue weighted by Crippen LogP contribution is -2.04. The van der Waals surface area contributed by atoms with Gasteiger partial charge < -0.3 is 9.47 Å². The van der Waals surface area contributed by atoms with E-state index in [2.05, 4.69) is 42.2 Å². The van der Waals surface area contributed by atoms with Crippen LogP contribution >= 0.6 is 0 Å². The Bertz CT molecular complexity index is 645. The van der Waals surface area contributed by atoms with Crippen molar-refractivity contribution in [1.29, 1.82) is 0 Å². The number of rotatable bonds is 3. The lowest BCUT2D eigenvalue weighted by molar-refractivity contribution is 0.348. The van der Waals surface area contributed by atoms with Gasteiger partial charge in [-0.2, -0.15) is 0 Å². The summed E-state index contributed by atoms with van der Waals surface area (Å²) < 4.78 is 10.8. The molecule has 0 saturated carbocycles. The highest BCUT2D eigenvalue weighted by Crippen LogP contribution is 2.28. The molecule has 0 unspecified atom stereocenters. The Kier molecular flexibility index (Phi) is 3.42. The second-order valence-corrected chi connectivity index (χ2v) is 4.81. The van der Waals surface area contributed by atoms with Crippen LogP contribution in [0, 0.1) is 6.92 Å². The van der Waals surface area contributed by atoms with Crippen molar-refractivity contribution >= 4 is 5.90 Å². The van der Waals surface area contributed by atoms with E-state index in [0.29, 0.717) is 6.61 Å². The van der Waals surface area contributed by atoms with Crippen molar-refractivity contribution in [3.8, 4) is 16.9 Å². The molecule has 2 aromatic carbocycles. The van der Waals surface area contributed by atoms with E-state index in [1.165, 1.54) is 5.56 Å². The standard InChI is InChI=1S/C17H17NO2/c1-12-3-8-15(13-4-6-14(19-2)7-5-13)16(11-12)17-18-9-10-20-17/h3-8,11H,9-10H2,1-2H3. The zero-order chi connectivity index (χ0) is 13.9. The Morgan fingerprint density at radius 3 is 2.50 bits per heavy atom. The van der Waals surface area contributed by atoms with Gasteiger partial charge in [0, 0.05) is 5.56 Å². The average Bonchev–Trinajstić information content (AvgIpc) is 3.01. The summed E-state index contributed by atoms with van der Waals surface area (Å²) in [5.41, 5.74) is 4.54. The lowest BCUT2D eigenvalue weighted by atomic mass is 9.97. The van der Waals surface area contributed by atoms with Crippen molar-refractivity contribution < 1.29 is 9.47 Å². The van der Waals surface area contributed by atoms with E-state index in [-0.39, 0.29) is 0 Å². The van der Waals surface area contributed by atoms with E-state index in [0.717, 1.165) is 34.9 Å². The molecule has 1 aliphatic rings. The molecule has 3 heteroatoms. The molecule has 0 saturated heterocycles. The molecule has 0 spiro atoms. The van der Waals surface area contributed by atoms with Gasteiger partial charge in [0.1, 0.15) is 12.4 Å². The van der Waals surface area contributed by atoms with Gasteiger partial charge in [-0.1, -0.05) is 29.8 Å². The van der Waals surface area contributed by atoms with Crippen molar-refractivity contribution in [2.45, 2.75) is 6.92 Å². The molecule has 0 fully saturated rings. The predicted molar refractivity (Wildman–Crippen MR) is 80.5 cm³/mol. The van der Waals surface area contributed by atoms with Crippen LogP contribution in [0.4, 0.5) is 0 Å². The predicted octanol–water partition coefficient (Wildman–Crippen LogP) is 3.45. The minimum Gasteiger partial charge on any atom is -0.497 e. The van der Waals surface area contributed by atoms with Gasteiger partial charge in [0.15, 0.2) is 0 Å². The van der Waals surface area contributed by atoms with Crippen molar-refractivity contribution in [1.82, 2.24) is 0 Å². The first-order valence-corrected chi connectivity index (χ1v) is 6.70. The van der Waals surface area contributed by atoms with Crippen LogP contribution in [0.2, 0.25) is 0 Å². The largest absolute Gasteiger partial charge is 0.497 e. The molecule has 1 aliphatic heterocycles. The fraction of sp³-hybridized carbons (Fsp3) is 0.235. The third kappa shape index (κ3) is 2.39. The molecule has 0 aliphatic carbocycles. The van der Waals surface area contributed by atoms with E-state index in [4.69, 9.17) is 9.47 Å². The maximum Gasteiger partial charge on any atom is 0.216 e. The van der Waals surface area contributed by atoms with Gasteiger partial charge in [-0.05, 0) is 36.2 Å². The fourth-order valence-electron chi connectivity index (χ4n) is 2.36. The summed E-state index contributed by atoms with van der Waals surface area (Å²) in [6, 6.07) is 14.4. The van der Waals surface area contributed by atoms with Crippen LogP contribution < -0.4 is 4.74 Å². The summed E-state index contributed by atoms with van der Waals surface area (Å²) >= 11 is 0. The zero-order valence-electron chi connectivity index (χ0n) is 11.7. The van der Waals surface area contributed by atoms with Crippen LogP contribution in [0.15, 0.2) is 47.5 Å². The highest BCUT2D eigenvalue weighted by molar-refractivity contribution is 6.01. The SMILES string of the molecule is COc1ccc(-c2ccc(C)cc2C2=NCCO2)cc1. The summed E-state index contributed by atoms with van der Waals surface area (Å²) in [7, 11) is 1.67. The second kappa shape index (κ2) is 5.37. The van der Waals surface area contributed by atoms with E-state index in [1.54, 1.807) is 7.11 Å². The zero-order valence-corrected chi connectivity index (χ0v) is 11.7. The van der Waals surface area contributed by atoms with Crippen LogP contribution in [-0.2, 0) is 4.74 Å². The molecule has 3 nitrogen and oxygen atoms in total. The van der Waals surface area contributed by atoms with Gasteiger partial charge in [0.25, 0.3) is 0 Å². The van der Waals surface area contributed by atoms with Gasteiger partial charge in [-0.25, -0.2) is 4.99 Å². The molecule has 0 aromatic heterocycles. The van der Waals surface area contributed by atoms with Crippen molar-refractivity contribution in [3.05, 3.63) is 53.6 Å². The summed E-state index contributed by atoms with van der Waals surface area (Å²) in [6.07, 6.45) is 0. The van der Waals surface area contributed by atoms with Crippen LogP contribution in [-0.4, -0.2) is 26.2 Å². The maximum absolute atomic E-state index is 5.63. The Morgan fingerprint density at radius 2 is 1.85 bits per heavy atom. The third-order valence-corrected chi connectivity index (χ3v) is 3.39. The molecule has 2 aromatic rings. The minimum absolute atomic E-state index is 0.672. The molecular formula is C17H17NO2. The number of hydrogen-bond donors (Lipinski definition) is 0. The van der Waals surface area contributed by atoms with Crippen LogP contribution in [0.1, 0.15) is 11.1 Å². The number of ether oxygens (including phenoxy) is 2. The van der Waals surface area contributed by atoms with Gasteiger partial charge in [-0.15, -0.1) is 0 Å². The second-order valence-electron chi connectivity index (χ2n) is 4.81. The average molecular weight is 267 g/mol. The maximum atomic E-state index is 5.63. The van der Waals surface area contributed by atoms with E-state index in [1.807, 2.05) is 12.1 Å². The Balaban J connectivity index is 2.07. The number of aliphatic imine (C=N–C) groups is 1. The summed E-state index contributed by atoms with van der Waals surface area (Å²) in [6.45, 7) is 3.49. The first-order chi connectivity index (χ1) is 9.78. The molecule has 0 amide bonds. The number of aryl methyl sites for hydroxylation is 1. The third-order valence-electron chi connectivity index (χ3n) is 3.39. The lowest BCUT2D eigenvalue weighted by Gasteiger charge is -2.11. The first kappa shape index (κ1) is 12.7. The quantitative estimate of drug-likeness (QED) is 0.852. The monoisotopic (exact) mass is 267 g/mol. The Morgan fingerprint density at radius 1 is 1.05 bits per heavy atom. The van der Waals surface area contributed by atoms with Crippen LogP contribution in [0.3, 0.4) is 0 Å². The van der Waals surface area contributed by atoms with E-state index >= 15 is 0 Å². The number of nitrogens with zero attached hydrogens (tertiary/aromatic N) is 1. The molecule has 0 radical (unpaired) electrons. The molecule has 1 heterocycles. The molecule has 0 bridgehead atoms. The first-order valence-electron chi connectivity index (χ1n) is 6.70. The molecular weight excluding hydrogens is 250 g/mol. The highest BCUT2D eigenvalue weighted by atomic mass is 16.5. The van der Waals surface area contributed by atoms with Gasteiger partial charge in [0.2, 0.25) is 5.90 Å². The summed E-state index contributed by atoms with van der Waals surface area (Å²) in [4.78, 5) is 4.44. The normalized spacial score (nSPS) is 13.8.